The summed E-state index contributed by atoms with van der Waals surface area (Å²) in [6.07, 6.45) is 0. The first-order valence-electron chi connectivity index (χ1n) is 2.50. The Morgan fingerprint density at radius 3 is 2.09 bits per heavy atom. The lowest BCUT2D eigenvalue weighted by Crippen LogP contribution is -2.13. The second kappa shape index (κ2) is 2.70. The highest BCUT2D eigenvalue weighted by molar-refractivity contribution is 5.29. The highest BCUT2D eigenvalue weighted by atomic mass is 19.2. The van der Waals surface area contributed by atoms with Gasteiger partial charge in [0.2, 0.25) is 0 Å². The van der Waals surface area contributed by atoms with Crippen LogP contribution in [0.15, 0.2) is 0 Å². The molecule has 0 saturated carbocycles. The van der Waals surface area contributed by atoms with Gasteiger partial charge in [0, 0.05) is 0 Å². The van der Waals surface area contributed by atoms with E-state index in [9.17, 15) is 13.2 Å². The van der Waals surface area contributed by atoms with Crippen LogP contribution in [0.4, 0.5) is 19.0 Å². The van der Waals surface area contributed by atoms with Gasteiger partial charge in [-0.25, -0.2) is 5.84 Å². The fourth-order valence-corrected chi connectivity index (χ4v) is 0.468. The zero-order valence-corrected chi connectivity index (χ0v) is 5.11. The largest absolute Gasteiger partial charge is 0.305 e. The monoisotopic (exact) mass is 164 g/mol. The van der Waals surface area contributed by atoms with Gasteiger partial charge in [0.15, 0.2) is 5.82 Å². The molecule has 0 aliphatic heterocycles. The Balaban J connectivity index is 3.21. The van der Waals surface area contributed by atoms with E-state index in [1.807, 2.05) is 0 Å². The van der Waals surface area contributed by atoms with Crippen LogP contribution in [0, 0.1) is 17.8 Å². The number of nitrogens with two attached hydrogens (primary N) is 1. The number of hydrogen-bond acceptors (Lipinski definition) is 4. The van der Waals surface area contributed by atoms with Gasteiger partial charge in [-0.15, -0.1) is 0 Å². The molecular formula is C4H3F3N4. The molecule has 3 N–H and O–H groups in total. The third-order valence-corrected chi connectivity index (χ3v) is 0.909. The van der Waals surface area contributed by atoms with Crippen LogP contribution in [0.1, 0.15) is 0 Å². The first-order valence-corrected chi connectivity index (χ1v) is 2.50. The molecule has 7 heteroatoms. The van der Waals surface area contributed by atoms with E-state index in [0.29, 0.717) is 0 Å². The molecular weight excluding hydrogens is 161 g/mol. The third kappa shape index (κ3) is 1.37. The summed E-state index contributed by atoms with van der Waals surface area (Å²) in [6.45, 7) is 0. The Labute approximate surface area is 59.2 Å². The van der Waals surface area contributed by atoms with Crippen LogP contribution in [-0.4, -0.2) is 9.97 Å². The van der Waals surface area contributed by atoms with Gasteiger partial charge in [-0.05, 0) is 0 Å². The lowest BCUT2D eigenvalue weighted by molar-refractivity contribution is 0.424. The number of halogens is 3. The van der Waals surface area contributed by atoms with Crippen LogP contribution >= 0.6 is 0 Å². The average Bonchev–Trinajstić information content (AvgIpc) is 1.97. The SMILES string of the molecule is NNc1nc(F)c(F)nc1F. The fraction of sp³-hybridized carbons (Fsp3) is 0. The van der Waals surface area contributed by atoms with Crippen molar-refractivity contribution < 1.29 is 13.2 Å². The summed E-state index contributed by atoms with van der Waals surface area (Å²) in [6, 6.07) is 0. The lowest BCUT2D eigenvalue weighted by atomic mass is 10.6. The van der Waals surface area contributed by atoms with E-state index in [1.165, 1.54) is 0 Å². The molecule has 1 aromatic rings. The van der Waals surface area contributed by atoms with Crippen molar-refractivity contribution in [1.29, 1.82) is 0 Å². The molecule has 0 spiro atoms. The Morgan fingerprint density at radius 1 is 1.00 bits per heavy atom. The van der Waals surface area contributed by atoms with Gasteiger partial charge in [-0.3, -0.25) is 0 Å². The summed E-state index contributed by atoms with van der Waals surface area (Å²) < 4.78 is 36.5. The first-order chi connectivity index (χ1) is 5.15. The molecule has 0 aromatic carbocycles. The topological polar surface area (TPSA) is 63.8 Å². The number of nitrogen functional groups attached to an aromatic ring is 1. The summed E-state index contributed by atoms with van der Waals surface area (Å²) in [5.41, 5.74) is 1.71. The summed E-state index contributed by atoms with van der Waals surface area (Å²) in [5, 5.41) is 0. The van der Waals surface area contributed by atoms with Gasteiger partial charge in [0.1, 0.15) is 0 Å². The van der Waals surface area contributed by atoms with Crippen molar-refractivity contribution in [3.63, 3.8) is 0 Å². The standard InChI is InChI=1S/C4H3F3N4/c5-1-2(6)10-4(11-8)3(7)9-1/h8H2,(H,10,11). The molecule has 0 fully saturated rings. The number of hydrogen-bond donors (Lipinski definition) is 2. The van der Waals surface area contributed by atoms with Crippen molar-refractivity contribution in [3.8, 4) is 0 Å². The van der Waals surface area contributed by atoms with Crippen LogP contribution in [0.3, 0.4) is 0 Å². The summed E-state index contributed by atoms with van der Waals surface area (Å²) in [7, 11) is 0. The molecule has 0 atom stereocenters. The quantitative estimate of drug-likeness (QED) is 0.459. The van der Waals surface area contributed by atoms with E-state index in [4.69, 9.17) is 0 Å². The van der Waals surface area contributed by atoms with E-state index >= 15 is 0 Å². The van der Waals surface area contributed by atoms with Gasteiger partial charge in [-0.1, -0.05) is 0 Å². The Kier molecular flexibility index (Phi) is 1.90. The third-order valence-electron chi connectivity index (χ3n) is 0.909. The molecule has 4 nitrogen and oxygen atoms in total. The minimum absolute atomic E-state index is 0.635. The highest BCUT2D eigenvalue weighted by Crippen LogP contribution is 2.08. The van der Waals surface area contributed by atoms with Gasteiger partial charge in [0.25, 0.3) is 17.8 Å². The van der Waals surface area contributed by atoms with Crippen molar-refractivity contribution >= 4 is 5.82 Å². The van der Waals surface area contributed by atoms with Crippen molar-refractivity contribution in [2.75, 3.05) is 5.43 Å². The maximum Gasteiger partial charge on any atom is 0.271 e. The van der Waals surface area contributed by atoms with Crippen LogP contribution < -0.4 is 11.3 Å². The molecule has 11 heavy (non-hydrogen) atoms. The number of aromatic nitrogens is 2. The van der Waals surface area contributed by atoms with Crippen LogP contribution in [0.2, 0.25) is 0 Å². The Bertz CT molecular complexity index is 276. The van der Waals surface area contributed by atoms with Gasteiger partial charge < -0.3 is 5.43 Å². The Morgan fingerprint density at radius 2 is 1.55 bits per heavy atom. The predicted octanol–water partition coefficient (Wildman–Crippen LogP) is 0.180. The van der Waals surface area contributed by atoms with Crippen LogP contribution in [0.25, 0.3) is 0 Å². The molecule has 1 rings (SSSR count). The molecule has 0 radical (unpaired) electrons. The molecule has 1 heterocycles. The predicted molar refractivity (Wildman–Crippen MR) is 29.7 cm³/mol. The normalized spacial score (nSPS) is 9.82. The second-order valence-electron chi connectivity index (χ2n) is 1.59. The molecule has 60 valence electrons. The highest BCUT2D eigenvalue weighted by Gasteiger charge is 2.11. The zero-order valence-electron chi connectivity index (χ0n) is 5.11. The molecule has 0 aliphatic carbocycles. The number of rotatable bonds is 1. The van der Waals surface area contributed by atoms with Crippen LogP contribution in [0.5, 0.6) is 0 Å². The van der Waals surface area contributed by atoms with E-state index in [2.05, 4.69) is 15.8 Å². The summed E-state index contributed by atoms with van der Waals surface area (Å²) in [4.78, 5) is 5.31. The van der Waals surface area contributed by atoms with Crippen molar-refractivity contribution in [2.45, 2.75) is 0 Å². The van der Waals surface area contributed by atoms with E-state index in [1.54, 1.807) is 5.43 Å². The minimum atomic E-state index is -1.60. The lowest BCUT2D eigenvalue weighted by Gasteiger charge is -1.98. The molecule has 0 bridgehead atoms. The molecule has 0 amide bonds. The van der Waals surface area contributed by atoms with Crippen molar-refractivity contribution in [2.24, 2.45) is 5.84 Å². The molecule has 0 unspecified atom stereocenters. The molecule has 0 saturated heterocycles. The van der Waals surface area contributed by atoms with E-state index in [-0.39, 0.29) is 0 Å². The van der Waals surface area contributed by atoms with Crippen molar-refractivity contribution in [1.82, 2.24) is 9.97 Å². The molecule has 0 aliphatic rings. The maximum atomic E-state index is 12.3. The van der Waals surface area contributed by atoms with Crippen LogP contribution in [-0.2, 0) is 0 Å². The molecule has 1 aromatic heterocycles. The second-order valence-corrected chi connectivity index (χ2v) is 1.59. The van der Waals surface area contributed by atoms with Gasteiger partial charge in [0.05, 0.1) is 0 Å². The average molecular weight is 164 g/mol. The first kappa shape index (κ1) is 7.73. The summed E-state index contributed by atoms with van der Waals surface area (Å²) in [5.74, 6) is -0.329. The fourth-order valence-electron chi connectivity index (χ4n) is 0.468. The van der Waals surface area contributed by atoms with Gasteiger partial charge in [-0.2, -0.15) is 23.1 Å². The minimum Gasteiger partial charge on any atom is -0.305 e. The van der Waals surface area contributed by atoms with Gasteiger partial charge >= 0.3 is 0 Å². The smallest absolute Gasteiger partial charge is 0.271 e. The summed E-state index contributed by atoms with van der Waals surface area (Å²) >= 11 is 0. The zero-order chi connectivity index (χ0) is 8.43. The van der Waals surface area contributed by atoms with E-state index < -0.39 is 23.7 Å². The number of hydrazine groups is 1. The Hall–Kier alpha value is -1.37. The van der Waals surface area contributed by atoms with Crippen molar-refractivity contribution in [3.05, 3.63) is 17.8 Å². The maximum absolute atomic E-state index is 12.3. The number of anilines is 1. The number of nitrogens with zero attached hydrogens (tertiary/aromatic N) is 2. The number of nitrogens with one attached hydrogen (secondary N) is 1. The van der Waals surface area contributed by atoms with E-state index in [0.717, 1.165) is 0 Å².